The van der Waals surface area contributed by atoms with Crippen LogP contribution in [0.15, 0.2) is 41.8 Å². The number of anilines is 1. The Morgan fingerprint density at radius 3 is 3.00 bits per heavy atom. The normalized spacial score (nSPS) is 19.3. The van der Waals surface area contributed by atoms with Crippen LogP contribution in [0.4, 0.5) is 5.95 Å². The molecule has 23 heavy (non-hydrogen) atoms. The van der Waals surface area contributed by atoms with Crippen molar-refractivity contribution in [1.82, 2.24) is 4.98 Å². The summed E-state index contributed by atoms with van der Waals surface area (Å²) in [7, 11) is 0. The minimum Gasteiger partial charge on any atom is -0.353 e. The number of fused-ring (bicyclic) bond motifs is 1. The van der Waals surface area contributed by atoms with Gasteiger partial charge in [0, 0.05) is 16.5 Å². The van der Waals surface area contributed by atoms with Gasteiger partial charge in [0.2, 0.25) is 5.72 Å². The van der Waals surface area contributed by atoms with E-state index in [2.05, 4.69) is 15.0 Å². The van der Waals surface area contributed by atoms with Gasteiger partial charge in [-0.15, -0.1) is 0 Å². The van der Waals surface area contributed by atoms with Gasteiger partial charge in [-0.1, -0.05) is 39.4 Å². The highest BCUT2D eigenvalue weighted by Crippen LogP contribution is 2.36. The zero-order chi connectivity index (χ0) is 16.4. The molecule has 1 aromatic heterocycles. The molecule has 1 aliphatic rings. The van der Waals surface area contributed by atoms with Crippen molar-refractivity contribution < 1.29 is 9.67 Å². The molecule has 1 aliphatic heterocycles. The molecule has 3 rings (SSSR count). The lowest BCUT2D eigenvalue weighted by Crippen LogP contribution is -2.46. The van der Waals surface area contributed by atoms with Crippen LogP contribution in [0.1, 0.15) is 5.56 Å². The largest absolute Gasteiger partial charge is 0.396 e. The van der Waals surface area contributed by atoms with E-state index in [9.17, 15) is 5.11 Å². The smallest absolute Gasteiger partial charge is 0.353 e. The van der Waals surface area contributed by atoms with Crippen molar-refractivity contribution in [1.29, 1.82) is 0 Å². The van der Waals surface area contributed by atoms with E-state index in [-0.39, 0.29) is 13.1 Å². The van der Waals surface area contributed by atoms with Crippen molar-refractivity contribution in [2.75, 3.05) is 18.0 Å². The predicted octanol–water partition coefficient (Wildman–Crippen LogP) is 2.65. The second-order valence-corrected chi connectivity index (χ2v) is 5.91. The standard InChI is InChI=1S/C14H13Cl2N6O/c15-11-3-2-10(8-12(11)16)14(23)9-21-6-1-4-18-13(21)22(14)7-5-19-20-17/h1-4,6,8,23H,5,7,9H2/q+1. The maximum atomic E-state index is 11.3. The molecule has 1 aromatic carbocycles. The molecule has 0 saturated carbocycles. The van der Waals surface area contributed by atoms with Crippen LogP contribution >= 0.6 is 23.2 Å². The fourth-order valence-corrected chi connectivity index (χ4v) is 2.99. The molecule has 7 nitrogen and oxygen atoms in total. The summed E-state index contributed by atoms with van der Waals surface area (Å²) in [6.07, 6.45) is 3.48. The van der Waals surface area contributed by atoms with E-state index in [0.29, 0.717) is 28.1 Å². The average Bonchev–Trinajstić information content (AvgIpc) is 2.83. The fourth-order valence-electron chi connectivity index (χ4n) is 2.70. The van der Waals surface area contributed by atoms with Crippen LogP contribution in [-0.4, -0.2) is 23.2 Å². The minimum atomic E-state index is -1.35. The highest BCUT2D eigenvalue weighted by atomic mass is 35.5. The van der Waals surface area contributed by atoms with Gasteiger partial charge in [0.15, 0.2) is 0 Å². The second kappa shape index (κ2) is 6.22. The lowest BCUT2D eigenvalue weighted by atomic mass is 10.0. The van der Waals surface area contributed by atoms with Crippen molar-refractivity contribution in [2.24, 2.45) is 5.11 Å². The van der Waals surface area contributed by atoms with Crippen molar-refractivity contribution in [2.45, 2.75) is 12.3 Å². The van der Waals surface area contributed by atoms with Gasteiger partial charge in [0.25, 0.3) is 0 Å². The van der Waals surface area contributed by atoms with E-state index < -0.39 is 5.72 Å². The Morgan fingerprint density at radius 2 is 2.26 bits per heavy atom. The first-order chi connectivity index (χ1) is 11.1. The van der Waals surface area contributed by atoms with Gasteiger partial charge in [-0.3, -0.25) is 0 Å². The molecule has 1 atom stereocenters. The monoisotopic (exact) mass is 351 g/mol. The Balaban J connectivity index is 2.04. The van der Waals surface area contributed by atoms with Crippen LogP contribution in [0.2, 0.25) is 10.0 Å². The van der Waals surface area contributed by atoms with E-state index in [0.717, 1.165) is 0 Å². The quantitative estimate of drug-likeness (QED) is 0.397. The molecule has 1 unspecified atom stereocenters. The summed E-state index contributed by atoms with van der Waals surface area (Å²) in [5.41, 5.74) is 7.72. The zero-order valence-corrected chi connectivity index (χ0v) is 13.5. The van der Waals surface area contributed by atoms with Gasteiger partial charge in [0.1, 0.15) is 12.7 Å². The third kappa shape index (κ3) is 2.80. The predicted molar refractivity (Wildman–Crippen MR) is 86.1 cm³/mol. The molecule has 0 aliphatic carbocycles. The first kappa shape index (κ1) is 15.8. The number of benzene rings is 1. The van der Waals surface area contributed by atoms with Crippen molar-refractivity contribution in [3.63, 3.8) is 0 Å². The lowest BCUT2D eigenvalue weighted by Gasteiger charge is -2.28. The van der Waals surface area contributed by atoms with Gasteiger partial charge in [0.05, 0.1) is 29.3 Å². The number of aromatic nitrogens is 2. The number of hydrogen-bond acceptors (Lipinski definition) is 4. The topological polar surface area (TPSA) is 89.0 Å². The molecular weight excluding hydrogens is 339 g/mol. The molecule has 118 valence electrons. The van der Waals surface area contributed by atoms with Gasteiger partial charge in [-0.25, -0.2) is 9.47 Å². The number of rotatable bonds is 4. The Bertz CT molecular complexity index is 795. The molecule has 0 radical (unpaired) electrons. The van der Waals surface area contributed by atoms with Crippen LogP contribution in [-0.2, 0) is 12.3 Å². The molecular formula is C14H13Cl2N6O+. The Labute approximate surface area is 142 Å². The molecule has 0 spiro atoms. The summed E-state index contributed by atoms with van der Waals surface area (Å²) in [5, 5.41) is 15.6. The maximum absolute atomic E-state index is 11.3. The summed E-state index contributed by atoms with van der Waals surface area (Å²) >= 11 is 12.1. The fraction of sp³-hybridized carbons (Fsp3) is 0.286. The van der Waals surface area contributed by atoms with Crippen LogP contribution in [0.5, 0.6) is 0 Å². The van der Waals surface area contributed by atoms with Gasteiger partial charge >= 0.3 is 5.95 Å². The molecule has 0 amide bonds. The molecule has 2 heterocycles. The Hall–Kier alpha value is -2.05. The summed E-state index contributed by atoms with van der Waals surface area (Å²) < 4.78 is 1.83. The van der Waals surface area contributed by atoms with Crippen LogP contribution in [0.3, 0.4) is 0 Å². The highest BCUT2D eigenvalue weighted by molar-refractivity contribution is 6.42. The maximum Gasteiger partial charge on any atom is 0.396 e. The number of aliphatic hydroxyl groups is 1. The van der Waals surface area contributed by atoms with Crippen molar-refractivity contribution in [3.8, 4) is 0 Å². The van der Waals surface area contributed by atoms with Gasteiger partial charge < -0.3 is 5.11 Å². The highest BCUT2D eigenvalue weighted by Gasteiger charge is 2.51. The van der Waals surface area contributed by atoms with E-state index in [4.69, 9.17) is 28.7 Å². The Kier molecular flexibility index (Phi) is 4.28. The molecule has 0 bridgehead atoms. The van der Waals surface area contributed by atoms with E-state index in [1.165, 1.54) is 0 Å². The molecule has 0 saturated heterocycles. The average molecular weight is 352 g/mol. The third-order valence-electron chi connectivity index (χ3n) is 3.75. The van der Waals surface area contributed by atoms with Gasteiger partial charge in [-0.2, -0.15) is 0 Å². The Morgan fingerprint density at radius 1 is 1.43 bits per heavy atom. The summed E-state index contributed by atoms with van der Waals surface area (Å²) in [5.74, 6) is 0.592. The van der Waals surface area contributed by atoms with Crippen molar-refractivity contribution in [3.05, 3.63) is 62.7 Å². The minimum absolute atomic E-state index is 0.205. The van der Waals surface area contributed by atoms with Gasteiger partial charge in [-0.05, 0) is 17.7 Å². The number of azide groups is 1. The lowest BCUT2D eigenvalue weighted by molar-refractivity contribution is -0.685. The zero-order valence-electron chi connectivity index (χ0n) is 12.0. The number of hydrogen-bond donors (Lipinski definition) is 1. The number of halogens is 2. The summed E-state index contributed by atoms with van der Waals surface area (Å²) in [6.45, 7) is 0.804. The third-order valence-corrected chi connectivity index (χ3v) is 4.49. The number of nitrogens with zero attached hydrogens (tertiary/aromatic N) is 6. The van der Waals surface area contributed by atoms with Crippen LogP contribution in [0, 0.1) is 0 Å². The van der Waals surface area contributed by atoms with Crippen molar-refractivity contribution >= 4 is 29.2 Å². The summed E-state index contributed by atoms with van der Waals surface area (Å²) in [4.78, 5) is 8.76. The van der Waals surface area contributed by atoms with Crippen LogP contribution in [0.25, 0.3) is 10.4 Å². The van der Waals surface area contributed by atoms with E-state index >= 15 is 0 Å². The first-order valence-electron chi connectivity index (χ1n) is 6.87. The first-order valence-corrected chi connectivity index (χ1v) is 7.63. The molecule has 1 N–H and O–H groups in total. The SMILES string of the molecule is [N-]=[N+]=NCCN1c2nccc[n+]2CC1(O)c1ccc(Cl)c(Cl)c1. The summed E-state index contributed by atoms with van der Waals surface area (Å²) in [6, 6.07) is 6.79. The molecule has 0 fully saturated rings. The van der Waals surface area contributed by atoms with E-state index in [1.54, 1.807) is 35.4 Å². The van der Waals surface area contributed by atoms with Crippen LogP contribution < -0.4 is 9.47 Å². The molecule has 9 heteroatoms. The molecule has 2 aromatic rings. The second-order valence-electron chi connectivity index (χ2n) is 5.10. The van der Waals surface area contributed by atoms with E-state index in [1.807, 2.05) is 10.8 Å².